The van der Waals surface area contributed by atoms with Gasteiger partial charge in [0.05, 0.1) is 23.4 Å². The number of hydrogen-bond acceptors (Lipinski definition) is 4. The van der Waals surface area contributed by atoms with E-state index in [1.807, 2.05) is 0 Å². The number of carbonyl (C=O) groups is 1. The fraction of sp³-hybridized carbons (Fsp3) is 0.133. The standard InChI is InChI=1S/C15H13ClFNO3/c1-20-13-4-2-3-10(14(13)17)8-21-15(19)9-5-6-11(16)12(18)7-9/h2-7H,8,18H2,1H3. The van der Waals surface area contributed by atoms with Gasteiger partial charge in [-0.3, -0.25) is 0 Å². The molecule has 0 unspecified atom stereocenters. The molecule has 0 aliphatic heterocycles. The van der Waals surface area contributed by atoms with Crippen molar-refractivity contribution >= 4 is 23.3 Å². The topological polar surface area (TPSA) is 61.5 Å². The Morgan fingerprint density at radius 1 is 1.33 bits per heavy atom. The van der Waals surface area contributed by atoms with Crippen LogP contribution in [-0.2, 0) is 11.3 Å². The first kappa shape index (κ1) is 15.1. The van der Waals surface area contributed by atoms with Gasteiger partial charge in [0.2, 0.25) is 0 Å². The largest absolute Gasteiger partial charge is 0.494 e. The van der Waals surface area contributed by atoms with Crippen molar-refractivity contribution in [2.75, 3.05) is 12.8 Å². The van der Waals surface area contributed by atoms with E-state index >= 15 is 0 Å². The molecule has 4 nitrogen and oxygen atoms in total. The van der Waals surface area contributed by atoms with Crippen molar-refractivity contribution < 1.29 is 18.7 Å². The van der Waals surface area contributed by atoms with Crippen molar-refractivity contribution in [1.82, 2.24) is 0 Å². The Kier molecular flexibility index (Phi) is 4.65. The van der Waals surface area contributed by atoms with E-state index < -0.39 is 11.8 Å². The summed E-state index contributed by atoms with van der Waals surface area (Å²) in [6.45, 7) is -0.204. The van der Waals surface area contributed by atoms with Gasteiger partial charge in [0, 0.05) is 5.56 Å². The van der Waals surface area contributed by atoms with E-state index in [9.17, 15) is 9.18 Å². The number of ether oxygens (including phenoxy) is 2. The number of anilines is 1. The lowest BCUT2D eigenvalue weighted by Gasteiger charge is -2.09. The summed E-state index contributed by atoms with van der Waals surface area (Å²) in [6, 6.07) is 9.02. The molecule has 21 heavy (non-hydrogen) atoms. The van der Waals surface area contributed by atoms with Crippen molar-refractivity contribution in [2.24, 2.45) is 0 Å². The summed E-state index contributed by atoms with van der Waals surface area (Å²) in [5.74, 6) is -1.07. The first-order chi connectivity index (χ1) is 10.0. The molecule has 0 aliphatic rings. The summed E-state index contributed by atoms with van der Waals surface area (Å²) in [7, 11) is 1.37. The zero-order valence-corrected chi connectivity index (χ0v) is 12.0. The van der Waals surface area contributed by atoms with Crippen LogP contribution in [0, 0.1) is 5.82 Å². The van der Waals surface area contributed by atoms with Gasteiger partial charge >= 0.3 is 5.97 Å². The molecule has 0 fully saturated rings. The third kappa shape index (κ3) is 3.44. The maximum absolute atomic E-state index is 13.9. The smallest absolute Gasteiger partial charge is 0.338 e. The van der Waals surface area contributed by atoms with E-state index in [4.69, 9.17) is 26.8 Å². The molecule has 0 spiro atoms. The first-order valence-electron chi connectivity index (χ1n) is 6.06. The lowest BCUT2D eigenvalue weighted by Crippen LogP contribution is -2.07. The molecule has 0 aliphatic carbocycles. The number of nitrogen functional groups attached to an aromatic ring is 1. The Labute approximate surface area is 126 Å². The van der Waals surface area contributed by atoms with Gasteiger partial charge in [-0.2, -0.15) is 0 Å². The number of halogens is 2. The highest BCUT2D eigenvalue weighted by Crippen LogP contribution is 2.22. The molecule has 0 aromatic heterocycles. The quantitative estimate of drug-likeness (QED) is 0.694. The van der Waals surface area contributed by atoms with Crippen molar-refractivity contribution in [2.45, 2.75) is 6.61 Å². The second-order valence-corrected chi connectivity index (χ2v) is 4.65. The monoisotopic (exact) mass is 309 g/mol. The van der Waals surface area contributed by atoms with E-state index in [0.29, 0.717) is 5.02 Å². The number of methoxy groups -OCH3 is 1. The summed E-state index contributed by atoms with van der Waals surface area (Å²) < 4.78 is 23.8. The normalized spacial score (nSPS) is 10.2. The van der Waals surface area contributed by atoms with Gasteiger partial charge in [-0.1, -0.05) is 23.7 Å². The van der Waals surface area contributed by atoms with Gasteiger partial charge in [-0.15, -0.1) is 0 Å². The zero-order chi connectivity index (χ0) is 15.4. The number of nitrogens with two attached hydrogens (primary N) is 1. The summed E-state index contributed by atoms with van der Waals surface area (Å²) in [6.07, 6.45) is 0. The van der Waals surface area contributed by atoms with Crippen LogP contribution in [0.4, 0.5) is 10.1 Å². The van der Waals surface area contributed by atoms with Gasteiger partial charge in [-0.25, -0.2) is 9.18 Å². The minimum absolute atomic E-state index is 0.0966. The lowest BCUT2D eigenvalue weighted by atomic mass is 10.2. The van der Waals surface area contributed by atoms with Crippen molar-refractivity contribution in [1.29, 1.82) is 0 Å². The highest BCUT2D eigenvalue weighted by Gasteiger charge is 2.13. The summed E-state index contributed by atoms with van der Waals surface area (Å²) in [5, 5.41) is 0.352. The van der Waals surface area contributed by atoms with Crippen LogP contribution in [0.1, 0.15) is 15.9 Å². The number of esters is 1. The summed E-state index contributed by atoms with van der Waals surface area (Å²) >= 11 is 5.77. The molecule has 2 rings (SSSR count). The lowest BCUT2D eigenvalue weighted by molar-refractivity contribution is 0.0468. The molecule has 110 valence electrons. The molecule has 0 saturated carbocycles. The predicted molar refractivity (Wildman–Crippen MR) is 77.9 cm³/mol. The predicted octanol–water partition coefficient (Wildman–Crippen LogP) is 3.43. The molecule has 0 radical (unpaired) electrons. The molecular weight excluding hydrogens is 297 g/mol. The van der Waals surface area contributed by atoms with Gasteiger partial charge < -0.3 is 15.2 Å². The second kappa shape index (κ2) is 6.45. The molecular formula is C15H13ClFNO3. The van der Waals surface area contributed by atoms with E-state index in [1.54, 1.807) is 6.07 Å². The van der Waals surface area contributed by atoms with Gasteiger partial charge in [-0.05, 0) is 24.3 Å². The highest BCUT2D eigenvalue weighted by atomic mass is 35.5. The van der Waals surface area contributed by atoms with Gasteiger partial charge in [0.25, 0.3) is 0 Å². The summed E-state index contributed by atoms with van der Waals surface area (Å²) in [4.78, 5) is 11.9. The second-order valence-electron chi connectivity index (χ2n) is 4.25. The highest BCUT2D eigenvalue weighted by molar-refractivity contribution is 6.33. The molecule has 2 aromatic rings. The Morgan fingerprint density at radius 3 is 2.76 bits per heavy atom. The molecule has 0 saturated heterocycles. The fourth-order valence-electron chi connectivity index (χ4n) is 1.72. The first-order valence-corrected chi connectivity index (χ1v) is 6.44. The molecule has 0 amide bonds. The van der Waals surface area contributed by atoms with E-state index in [-0.39, 0.29) is 29.2 Å². The van der Waals surface area contributed by atoms with Crippen LogP contribution in [0.5, 0.6) is 5.75 Å². The molecule has 2 aromatic carbocycles. The molecule has 6 heteroatoms. The van der Waals surface area contributed by atoms with Crippen LogP contribution in [0.25, 0.3) is 0 Å². The van der Waals surface area contributed by atoms with Crippen LogP contribution in [0.2, 0.25) is 5.02 Å². The molecule has 0 bridgehead atoms. The molecule has 0 heterocycles. The maximum Gasteiger partial charge on any atom is 0.338 e. The van der Waals surface area contributed by atoms with E-state index in [0.717, 1.165) is 0 Å². The van der Waals surface area contributed by atoms with Crippen LogP contribution in [-0.4, -0.2) is 13.1 Å². The number of rotatable bonds is 4. The Balaban J connectivity index is 2.09. The fourth-order valence-corrected chi connectivity index (χ4v) is 1.84. The summed E-state index contributed by atoms with van der Waals surface area (Å²) in [5.41, 5.74) is 6.36. The van der Waals surface area contributed by atoms with Crippen molar-refractivity contribution in [3.05, 3.63) is 58.4 Å². The van der Waals surface area contributed by atoms with E-state index in [2.05, 4.69) is 0 Å². The average molecular weight is 310 g/mol. The van der Waals surface area contributed by atoms with E-state index in [1.165, 1.54) is 37.4 Å². The maximum atomic E-state index is 13.9. The third-order valence-electron chi connectivity index (χ3n) is 2.85. The van der Waals surface area contributed by atoms with Crippen LogP contribution < -0.4 is 10.5 Å². The Bertz CT molecular complexity index is 676. The van der Waals surface area contributed by atoms with Crippen LogP contribution in [0.15, 0.2) is 36.4 Å². The Hall–Kier alpha value is -2.27. The van der Waals surface area contributed by atoms with Crippen LogP contribution >= 0.6 is 11.6 Å². The average Bonchev–Trinajstić information content (AvgIpc) is 2.48. The van der Waals surface area contributed by atoms with Gasteiger partial charge in [0.15, 0.2) is 11.6 Å². The van der Waals surface area contributed by atoms with Crippen LogP contribution in [0.3, 0.4) is 0 Å². The molecule has 0 atom stereocenters. The zero-order valence-electron chi connectivity index (χ0n) is 11.2. The third-order valence-corrected chi connectivity index (χ3v) is 3.20. The Morgan fingerprint density at radius 2 is 2.10 bits per heavy atom. The minimum atomic E-state index is -0.611. The van der Waals surface area contributed by atoms with Gasteiger partial charge in [0.1, 0.15) is 6.61 Å². The van der Waals surface area contributed by atoms with Crippen molar-refractivity contribution in [3.8, 4) is 5.75 Å². The number of hydrogen-bond donors (Lipinski definition) is 1. The number of carbonyl (C=O) groups excluding carboxylic acids is 1. The number of benzene rings is 2. The SMILES string of the molecule is COc1cccc(COC(=O)c2ccc(Cl)c(N)c2)c1F. The molecule has 2 N–H and O–H groups in total. The minimum Gasteiger partial charge on any atom is -0.494 e. The van der Waals surface area contributed by atoms with Crippen molar-refractivity contribution in [3.63, 3.8) is 0 Å².